The highest BCUT2D eigenvalue weighted by Gasteiger charge is 2.60. The minimum Gasteiger partial charge on any atom is -0.384 e. The zero-order valence-electron chi connectivity index (χ0n) is 33.1. The van der Waals surface area contributed by atoms with Crippen LogP contribution >= 0.6 is 0 Å². The third-order valence-corrected chi connectivity index (χ3v) is 14.5. The zero-order valence-corrected chi connectivity index (χ0v) is 33.1. The second kappa shape index (κ2) is 15.4. The maximum absolute atomic E-state index is 13.6. The molecule has 2 aromatic carbocycles. The molecule has 1 saturated heterocycles. The first kappa shape index (κ1) is 36.3. The maximum Gasteiger partial charge on any atom is 0.0989 e. The number of hydrogen-bond donors (Lipinski definition) is 4. The molecule has 7 heteroatoms. The van der Waals surface area contributed by atoms with Gasteiger partial charge in [0.2, 0.25) is 0 Å². The van der Waals surface area contributed by atoms with Gasteiger partial charge >= 0.3 is 0 Å². The van der Waals surface area contributed by atoms with E-state index >= 15 is 0 Å². The van der Waals surface area contributed by atoms with E-state index in [1.165, 1.54) is 56.9 Å². The number of allylic oxidation sites excluding steroid dienone is 4. The molecule has 7 nitrogen and oxygen atoms in total. The third kappa shape index (κ3) is 6.49. The average molecular weight is 749 g/mol. The van der Waals surface area contributed by atoms with Crippen LogP contribution in [0.25, 0.3) is 32.7 Å². The Labute approximate surface area is 332 Å². The van der Waals surface area contributed by atoms with E-state index in [4.69, 9.17) is 4.98 Å². The zero-order chi connectivity index (χ0) is 37.5. The van der Waals surface area contributed by atoms with Crippen LogP contribution < -0.4 is 5.32 Å². The van der Waals surface area contributed by atoms with Gasteiger partial charge in [-0.05, 0) is 132 Å². The van der Waals surface area contributed by atoms with Crippen molar-refractivity contribution in [3.8, 4) is 0 Å². The summed E-state index contributed by atoms with van der Waals surface area (Å²) in [7, 11) is 0. The van der Waals surface area contributed by atoms with E-state index in [1.54, 1.807) is 0 Å². The Morgan fingerprint density at radius 3 is 2.45 bits per heavy atom. The van der Waals surface area contributed by atoms with Gasteiger partial charge in [0.15, 0.2) is 0 Å². The van der Waals surface area contributed by atoms with Crippen LogP contribution in [0.15, 0.2) is 96.7 Å². The monoisotopic (exact) mass is 748 g/mol. The molecule has 0 amide bonds. The fourth-order valence-electron chi connectivity index (χ4n) is 12.0. The molecule has 5 aliphatic rings. The van der Waals surface area contributed by atoms with Gasteiger partial charge in [-0.3, -0.25) is 9.88 Å². The molecule has 1 fully saturated rings. The molecule has 3 bridgehead atoms. The third-order valence-electron chi connectivity index (χ3n) is 14.5. The molecule has 4 N–H and O–H groups in total. The van der Waals surface area contributed by atoms with Crippen LogP contribution in [0, 0.1) is 11.3 Å². The Morgan fingerprint density at radius 2 is 1.55 bits per heavy atom. The summed E-state index contributed by atoms with van der Waals surface area (Å²) in [5.41, 5.74) is 7.97. The number of rotatable bonds is 4. The molecule has 7 heterocycles. The van der Waals surface area contributed by atoms with Crippen molar-refractivity contribution >= 4 is 32.7 Å². The molecular weight excluding hydrogens is 689 g/mol. The number of aromatic nitrogens is 3. The van der Waals surface area contributed by atoms with Crippen molar-refractivity contribution in [1.82, 2.24) is 30.1 Å². The van der Waals surface area contributed by atoms with Crippen molar-refractivity contribution in [3.05, 3.63) is 114 Å². The highest BCUT2D eigenvalue weighted by molar-refractivity contribution is 6.07. The lowest BCUT2D eigenvalue weighted by atomic mass is 9.52. The maximum atomic E-state index is 13.6. The molecule has 1 spiro atoms. The number of nitrogens with one attached hydrogen (secondary N) is 3. The molecule has 1 unspecified atom stereocenters. The van der Waals surface area contributed by atoms with Gasteiger partial charge in [-0.1, -0.05) is 66.8 Å². The summed E-state index contributed by atoms with van der Waals surface area (Å²) in [6, 6.07) is 19.8. The first-order valence-electron chi connectivity index (χ1n) is 22.0. The molecular formula is C49H60N6O. The van der Waals surface area contributed by atoms with Crippen LogP contribution in [-0.4, -0.2) is 80.8 Å². The second-order valence-electron chi connectivity index (χ2n) is 17.7. The number of nitrogens with zero attached hydrogens (tertiary/aromatic N) is 3. The molecule has 6 atom stereocenters. The SMILES string of the molecule is O[C@]12C=C([C@@H]3c4[nH]c5ccccc5c4CCN3CCc3nccc4c3[nH]c3ccccc34)[C@@H]3CCN(CCCC=CCCC1)C[C@@]31CCC=CCCCCN[C@H]12. The molecule has 5 aromatic rings. The largest absolute Gasteiger partial charge is 0.384 e. The summed E-state index contributed by atoms with van der Waals surface area (Å²) in [6.45, 7) is 6.15. The Bertz CT molecular complexity index is 2280. The number of benzene rings is 2. The summed E-state index contributed by atoms with van der Waals surface area (Å²) >= 11 is 0. The standard InChI is InChI=1S/C49H60N6O/c56-49-26-14-6-2-4-8-16-29-54-30-23-40(48(34-54)25-13-5-1-3-7-15-27-51-47(48)49)39(33-49)46-45-38(36-18-10-12-20-42(36)53-45)22-31-55(46)32-24-43-44-37(21-28-50-43)35-17-9-11-19-41(35)52-44/h1-2,4-5,9-12,17-21,28,33,40,46-47,51-53,56H,3,6-8,13-16,22-27,29-32,34H2/t40-,46+,47+,48-,49-/m0/s1. The van der Waals surface area contributed by atoms with Crippen molar-refractivity contribution in [2.45, 2.75) is 101 Å². The van der Waals surface area contributed by atoms with Gasteiger partial charge in [0, 0.05) is 76.6 Å². The van der Waals surface area contributed by atoms with Crippen molar-refractivity contribution in [2.75, 3.05) is 39.3 Å². The quantitative estimate of drug-likeness (QED) is 0.138. The highest BCUT2D eigenvalue weighted by Crippen LogP contribution is 2.58. The van der Waals surface area contributed by atoms with Gasteiger partial charge in [-0.15, -0.1) is 0 Å². The first-order chi connectivity index (χ1) is 27.6. The number of H-pyrrole nitrogens is 2. The van der Waals surface area contributed by atoms with Crippen LogP contribution in [0.3, 0.4) is 0 Å². The molecule has 4 aliphatic heterocycles. The number of piperidine rings is 1. The van der Waals surface area contributed by atoms with E-state index in [-0.39, 0.29) is 17.5 Å². The van der Waals surface area contributed by atoms with Crippen LogP contribution in [0.2, 0.25) is 0 Å². The Morgan fingerprint density at radius 1 is 0.768 bits per heavy atom. The van der Waals surface area contributed by atoms with Crippen LogP contribution in [0.4, 0.5) is 0 Å². The molecule has 0 saturated carbocycles. The van der Waals surface area contributed by atoms with E-state index in [1.807, 2.05) is 6.20 Å². The normalized spacial score (nSPS) is 30.6. The number of para-hydroxylation sites is 2. The molecule has 1 aliphatic carbocycles. The van der Waals surface area contributed by atoms with E-state index < -0.39 is 5.60 Å². The molecule has 56 heavy (non-hydrogen) atoms. The van der Waals surface area contributed by atoms with Crippen molar-refractivity contribution in [1.29, 1.82) is 0 Å². The van der Waals surface area contributed by atoms with Gasteiger partial charge in [0.25, 0.3) is 0 Å². The van der Waals surface area contributed by atoms with Gasteiger partial charge in [0.1, 0.15) is 0 Å². The second-order valence-corrected chi connectivity index (χ2v) is 17.7. The minimum atomic E-state index is -0.943. The smallest absolute Gasteiger partial charge is 0.0989 e. The van der Waals surface area contributed by atoms with E-state index in [2.05, 4.69) is 110 Å². The van der Waals surface area contributed by atoms with Crippen molar-refractivity contribution in [2.24, 2.45) is 11.3 Å². The molecule has 0 radical (unpaired) electrons. The number of hydrogen-bond acceptors (Lipinski definition) is 5. The number of pyridine rings is 1. The fraction of sp³-hybridized carbons (Fsp3) is 0.490. The number of aliphatic hydroxyl groups is 1. The summed E-state index contributed by atoms with van der Waals surface area (Å²) in [5, 5.41) is 21.6. The lowest BCUT2D eigenvalue weighted by Gasteiger charge is -2.61. The van der Waals surface area contributed by atoms with Gasteiger partial charge < -0.3 is 25.3 Å². The Balaban J connectivity index is 1.11. The summed E-state index contributed by atoms with van der Waals surface area (Å²) < 4.78 is 0. The Kier molecular flexibility index (Phi) is 9.99. The lowest BCUT2D eigenvalue weighted by Crippen LogP contribution is -2.69. The van der Waals surface area contributed by atoms with Gasteiger partial charge in [-0.2, -0.15) is 0 Å². The van der Waals surface area contributed by atoms with E-state index in [0.717, 1.165) is 121 Å². The van der Waals surface area contributed by atoms with Crippen LogP contribution in [-0.2, 0) is 12.8 Å². The van der Waals surface area contributed by atoms with E-state index in [0.29, 0.717) is 5.92 Å². The number of fused-ring (bicyclic) bond motifs is 7. The summed E-state index contributed by atoms with van der Waals surface area (Å²) in [5.74, 6) is 0.369. The predicted molar refractivity (Wildman–Crippen MR) is 230 cm³/mol. The lowest BCUT2D eigenvalue weighted by molar-refractivity contribution is -0.0932. The predicted octanol–water partition coefficient (Wildman–Crippen LogP) is 9.32. The molecule has 292 valence electrons. The molecule has 10 rings (SSSR count). The topological polar surface area (TPSA) is 83.2 Å². The van der Waals surface area contributed by atoms with Gasteiger partial charge in [0.05, 0.1) is 22.9 Å². The minimum absolute atomic E-state index is 0.0193. The van der Waals surface area contributed by atoms with Crippen molar-refractivity contribution in [3.63, 3.8) is 0 Å². The first-order valence-corrected chi connectivity index (χ1v) is 22.0. The average Bonchev–Trinajstić information content (AvgIpc) is 3.78. The molecule has 3 aromatic heterocycles. The highest BCUT2D eigenvalue weighted by atomic mass is 16.3. The summed E-state index contributed by atoms with van der Waals surface area (Å²) in [4.78, 5) is 18.3. The number of aromatic amines is 2. The Hall–Kier alpha value is -4.01. The fourth-order valence-corrected chi connectivity index (χ4v) is 12.0. The van der Waals surface area contributed by atoms with Crippen molar-refractivity contribution < 1.29 is 5.11 Å². The van der Waals surface area contributed by atoms with Gasteiger partial charge in [-0.25, -0.2) is 0 Å². The van der Waals surface area contributed by atoms with E-state index in [9.17, 15) is 5.11 Å². The van der Waals surface area contributed by atoms with Crippen LogP contribution in [0.1, 0.15) is 93.6 Å². The van der Waals surface area contributed by atoms with Crippen LogP contribution in [0.5, 0.6) is 0 Å². The summed E-state index contributed by atoms with van der Waals surface area (Å²) in [6.07, 6.45) is 28.0.